The summed E-state index contributed by atoms with van der Waals surface area (Å²) in [4.78, 5) is 0. The lowest BCUT2D eigenvalue weighted by atomic mass is 10.00. The van der Waals surface area contributed by atoms with Crippen LogP contribution in [0, 0.1) is 6.92 Å². The quantitative estimate of drug-likeness (QED) is 0.0162. The summed E-state index contributed by atoms with van der Waals surface area (Å²) in [5, 5.41) is 178. The predicted octanol–water partition coefficient (Wildman–Crippen LogP) is 23.0. The maximum absolute atomic E-state index is 9.83. The molecular weight excluding hydrogens is 1830 g/mol. The van der Waals surface area contributed by atoms with E-state index in [0.29, 0.717) is 80.4 Å². The molecule has 11 aromatic rings. The van der Waals surface area contributed by atoms with Crippen molar-refractivity contribution in [2.24, 2.45) is 0 Å². The Kier molecular flexibility index (Phi) is 63.8. The van der Waals surface area contributed by atoms with Gasteiger partial charge in [-0.05, 0) is 211 Å². The van der Waals surface area contributed by atoms with E-state index in [9.17, 15) is 71.5 Å². The maximum atomic E-state index is 9.83. The van der Waals surface area contributed by atoms with Crippen LogP contribution in [-0.4, -0.2) is 168 Å². The number of aliphatic hydroxyl groups is 4. The van der Waals surface area contributed by atoms with Crippen molar-refractivity contribution < 1.29 is 144 Å². The van der Waals surface area contributed by atoms with Crippen LogP contribution in [0.25, 0.3) is 0 Å². The molecular formula is C114H162O29. The molecule has 0 aliphatic heterocycles. The van der Waals surface area contributed by atoms with Crippen LogP contribution < -0.4 is 47.4 Å². The van der Waals surface area contributed by atoms with E-state index in [1.165, 1.54) is 59.3 Å². The molecule has 0 unspecified atom stereocenters. The van der Waals surface area contributed by atoms with E-state index in [4.69, 9.17) is 72.9 Å². The van der Waals surface area contributed by atoms with Gasteiger partial charge in [-0.3, -0.25) is 0 Å². The Balaban J connectivity index is 0.000000787. The molecule has 0 bridgehead atoms. The molecule has 29 nitrogen and oxygen atoms in total. The molecule has 792 valence electrons. The molecule has 0 saturated carbocycles. The fourth-order valence-electron chi connectivity index (χ4n) is 14.7. The Bertz CT molecular complexity index is 5390. The van der Waals surface area contributed by atoms with Crippen molar-refractivity contribution in [3.63, 3.8) is 0 Å². The van der Waals surface area contributed by atoms with Crippen molar-refractivity contribution in [3.05, 3.63) is 241 Å². The van der Waals surface area contributed by atoms with Gasteiger partial charge < -0.3 is 144 Å². The smallest absolute Gasteiger partial charge is 0.203 e. The van der Waals surface area contributed by atoms with Gasteiger partial charge in [-0.2, -0.15) is 0 Å². The molecule has 143 heavy (non-hydrogen) atoms. The second-order valence-electron chi connectivity index (χ2n) is 32.5. The number of phenols is 15. The van der Waals surface area contributed by atoms with Crippen molar-refractivity contribution in [1.29, 1.82) is 0 Å². The number of phenolic OH excluding ortho intramolecular Hbond substituents is 13. The summed E-state index contributed by atoms with van der Waals surface area (Å²) in [6, 6.07) is 44.1. The second kappa shape index (κ2) is 71.7. The number of methoxy groups -OCH3 is 10. The van der Waals surface area contributed by atoms with Crippen LogP contribution in [0.15, 0.2) is 152 Å². The minimum Gasteiger partial charge on any atom is -0.508 e. The molecule has 0 radical (unpaired) electrons. The number of aryl methyl sites for hydroxylation is 12. The third kappa shape index (κ3) is 41.0. The highest BCUT2D eigenvalue weighted by Gasteiger charge is 2.20. The predicted molar refractivity (Wildman–Crippen MR) is 564 cm³/mol. The van der Waals surface area contributed by atoms with Crippen LogP contribution in [0.5, 0.6) is 144 Å². The van der Waals surface area contributed by atoms with E-state index in [1.54, 1.807) is 102 Å². The molecule has 0 spiro atoms. The van der Waals surface area contributed by atoms with Crippen LogP contribution in [0.4, 0.5) is 0 Å². The first-order chi connectivity index (χ1) is 68.6. The number of aromatic hydroxyl groups is 15. The van der Waals surface area contributed by atoms with E-state index in [-0.39, 0.29) is 107 Å². The van der Waals surface area contributed by atoms with E-state index >= 15 is 0 Å². The molecule has 29 heteroatoms. The summed E-state index contributed by atoms with van der Waals surface area (Å²) in [5.41, 5.74) is 14.0. The average Bonchev–Trinajstić information content (AvgIpc) is 0.849. The largest absolute Gasteiger partial charge is 0.508 e. The summed E-state index contributed by atoms with van der Waals surface area (Å²) >= 11 is 0. The Labute approximate surface area is 846 Å². The fraction of sp³-hybridized carbons (Fsp3) is 0.421. The summed E-state index contributed by atoms with van der Waals surface area (Å²) < 4.78 is 50.0. The zero-order chi connectivity index (χ0) is 108. The van der Waals surface area contributed by atoms with E-state index < -0.39 is 5.75 Å². The average molecular weight is 2000 g/mol. The fourth-order valence-corrected chi connectivity index (χ4v) is 14.7. The number of hydrogen-bond acceptors (Lipinski definition) is 29. The van der Waals surface area contributed by atoms with Gasteiger partial charge in [-0.1, -0.05) is 226 Å². The van der Waals surface area contributed by atoms with E-state index in [2.05, 4.69) is 54.5 Å². The SMILES string of the molecule is CCCc1ccc(C)c(OC)c1CO.CCCc1ccc(O)c(O)c1CO.CCCc1ccc(O)c(O)c1O.CCCc1ccc(O)c(OC)c1CO.CCCc1ccc(O)c(OC)c1O.CCCc1ccc(OC)c(O)c1.CCCc1ccc(OC)c(O)c1CO.CCCc1ccc(OC)c(O)c1O.CCCc1ccc(OC)c(OC)c1O.CCCc1ccc(OC)cc1O.CCCc1cccc(OC)c1O. The first kappa shape index (κ1) is 127. The molecule has 11 aromatic carbocycles. The molecule has 0 atom stereocenters. The molecule has 11 rings (SSSR count). The van der Waals surface area contributed by atoms with Gasteiger partial charge in [0.05, 0.1) is 97.5 Å². The lowest BCUT2D eigenvalue weighted by Crippen LogP contribution is -2.00. The van der Waals surface area contributed by atoms with Crippen LogP contribution in [0.2, 0.25) is 0 Å². The van der Waals surface area contributed by atoms with E-state index in [0.717, 1.165) is 202 Å². The molecule has 19 N–H and O–H groups in total. The maximum Gasteiger partial charge on any atom is 0.203 e. The van der Waals surface area contributed by atoms with Gasteiger partial charge >= 0.3 is 0 Å². The number of hydrogen-bond donors (Lipinski definition) is 19. The van der Waals surface area contributed by atoms with Crippen molar-refractivity contribution in [1.82, 2.24) is 0 Å². The lowest BCUT2D eigenvalue weighted by molar-refractivity contribution is 0.269. The minimum absolute atomic E-state index is 0.0279. The monoisotopic (exact) mass is 2000 g/mol. The van der Waals surface area contributed by atoms with Gasteiger partial charge in [-0.25, -0.2) is 0 Å². The third-order valence-corrected chi connectivity index (χ3v) is 22.1. The lowest BCUT2D eigenvalue weighted by Gasteiger charge is -2.13. The van der Waals surface area contributed by atoms with Gasteiger partial charge in [0, 0.05) is 28.3 Å². The van der Waals surface area contributed by atoms with Gasteiger partial charge in [0.25, 0.3) is 0 Å². The Hall–Kier alpha value is -13.7. The van der Waals surface area contributed by atoms with Crippen LogP contribution >= 0.6 is 0 Å². The number of para-hydroxylation sites is 1. The summed E-state index contributed by atoms with van der Waals surface area (Å²) in [7, 11) is 15.3. The first-order valence-corrected chi connectivity index (χ1v) is 48.3. The number of benzene rings is 11. The third-order valence-electron chi connectivity index (χ3n) is 22.1. The summed E-state index contributed by atoms with van der Waals surface area (Å²) in [5.74, 6) is 4.49. The number of rotatable bonds is 36. The Morgan fingerprint density at radius 2 is 0.497 bits per heavy atom. The van der Waals surface area contributed by atoms with Gasteiger partial charge in [0.15, 0.2) is 103 Å². The molecule has 0 heterocycles. The van der Waals surface area contributed by atoms with Crippen molar-refractivity contribution >= 4 is 0 Å². The highest BCUT2D eigenvalue weighted by Crippen LogP contribution is 2.44. The van der Waals surface area contributed by atoms with E-state index in [1.807, 2.05) is 95.3 Å². The Morgan fingerprint density at radius 1 is 0.189 bits per heavy atom. The topological polar surface area (TPSA) is 477 Å². The molecule has 0 aromatic heterocycles. The summed E-state index contributed by atoms with van der Waals surface area (Å²) in [6.07, 6.45) is 20.3. The van der Waals surface area contributed by atoms with Crippen LogP contribution in [-0.2, 0) is 97.1 Å². The highest BCUT2D eigenvalue weighted by atomic mass is 16.5. The van der Waals surface area contributed by atoms with Crippen molar-refractivity contribution in [3.8, 4) is 144 Å². The highest BCUT2D eigenvalue weighted by molar-refractivity contribution is 5.59. The number of ether oxygens (including phenoxy) is 10. The molecule has 0 fully saturated rings. The molecule has 0 amide bonds. The van der Waals surface area contributed by atoms with Crippen molar-refractivity contribution in [2.45, 2.75) is 251 Å². The second-order valence-corrected chi connectivity index (χ2v) is 32.5. The zero-order valence-corrected chi connectivity index (χ0v) is 87.9. The normalized spacial score (nSPS) is 10.1. The summed E-state index contributed by atoms with van der Waals surface area (Å²) in [6.45, 7) is 24.2. The van der Waals surface area contributed by atoms with Gasteiger partial charge in [-0.15, -0.1) is 0 Å². The first-order valence-electron chi connectivity index (χ1n) is 48.3. The molecule has 0 aliphatic carbocycles. The zero-order valence-electron chi connectivity index (χ0n) is 87.9. The molecule has 0 saturated heterocycles. The molecule has 0 aliphatic rings. The standard InChI is InChI=1S/C12H18O2.3C11H16O3.3C10H14O3.3C10H14O2.C9H12O3/c1-4-5-10-7-6-9(2)12(14-3)11(10)8-13;1-4-5-8-6-7-9(13-2)11(14-3)10(8)12;1-3-4-8-5-6-10(14-2)11(13)9(8)7-12;1-3-4-8-5-6-10(13)11(14-2)9(8)7-12;1-3-4-7-5-6-8(13-2)10(12)9(7)11;1-3-4-7-5-6-8(11)10(13-2)9(7)12;1-2-3-7-4-5-9(12)10(13)8(7)6-11;1-3-5-8-6-4-7-9(12-2)10(8)11;1-3-4-8-5-6-9(12-2)7-10(8)11;1-3-4-8-5-6-10(12-2)9(11)7-8;1-2-3-6-4-5-7(10)9(12)8(6)11/h6-7,13H,4-5,8H2,1-3H3;6-7,12H,4-5H2,1-3H3;2*5-6,12-13H,3-4,7H2,1-2H3;2*5-6,11-12H,3-4H2,1-2H3;4-5,11-13H,2-3,6H2,1H3;4,6-7,11H,3,5H2,1-2H3;2*5-7,11H,3-4H2,1-2H3;4-5,10-12H,2-3H2,1H3. The van der Waals surface area contributed by atoms with Crippen LogP contribution in [0.1, 0.15) is 236 Å². The van der Waals surface area contributed by atoms with Gasteiger partial charge in [0.2, 0.25) is 23.0 Å². The number of aliphatic hydroxyl groups excluding tert-OH is 4. The van der Waals surface area contributed by atoms with Crippen molar-refractivity contribution in [2.75, 3.05) is 71.1 Å². The van der Waals surface area contributed by atoms with Crippen LogP contribution in [0.3, 0.4) is 0 Å². The minimum atomic E-state index is -0.430. The van der Waals surface area contributed by atoms with Gasteiger partial charge in [0.1, 0.15) is 17.2 Å². The Morgan fingerprint density at radius 3 is 0.902 bits per heavy atom.